The van der Waals surface area contributed by atoms with Crippen molar-refractivity contribution in [1.82, 2.24) is 14.8 Å². The van der Waals surface area contributed by atoms with Gasteiger partial charge in [-0.25, -0.2) is 0 Å². The zero-order valence-electron chi connectivity index (χ0n) is 12.7. The fourth-order valence-electron chi connectivity index (χ4n) is 3.97. The number of carboxylic acids is 1. The highest BCUT2D eigenvalue weighted by Gasteiger charge is 2.40. The zero-order valence-corrected chi connectivity index (χ0v) is 13.5. The Morgan fingerprint density at radius 1 is 1.38 bits per heavy atom. The summed E-state index contributed by atoms with van der Waals surface area (Å²) in [6, 6.07) is 0. The number of nitrogens with zero attached hydrogens (tertiary/aromatic N) is 3. The molecule has 116 valence electrons. The maximum atomic E-state index is 10.8. The molecule has 0 radical (unpaired) electrons. The average Bonchev–Trinajstić information content (AvgIpc) is 3.11. The lowest BCUT2D eigenvalue weighted by Gasteiger charge is -2.23. The van der Waals surface area contributed by atoms with Gasteiger partial charge in [-0.3, -0.25) is 4.79 Å². The van der Waals surface area contributed by atoms with Gasteiger partial charge < -0.3 is 9.67 Å². The molecule has 2 bridgehead atoms. The third-order valence-corrected chi connectivity index (χ3v) is 5.84. The Morgan fingerprint density at radius 2 is 2.19 bits per heavy atom. The lowest BCUT2D eigenvalue weighted by molar-refractivity contribution is -0.133. The van der Waals surface area contributed by atoms with Crippen molar-refractivity contribution >= 4 is 17.7 Å². The molecule has 2 aliphatic rings. The summed E-state index contributed by atoms with van der Waals surface area (Å²) in [5.41, 5.74) is 0. The number of carboxylic acid groups (broad SMARTS) is 1. The molecular formula is C15H23N3O2S. The van der Waals surface area contributed by atoms with Crippen LogP contribution in [0.4, 0.5) is 0 Å². The molecule has 2 aliphatic carbocycles. The first-order valence-electron chi connectivity index (χ1n) is 7.82. The summed E-state index contributed by atoms with van der Waals surface area (Å²) in [6.45, 7) is 5.20. The van der Waals surface area contributed by atoms with E-state index in [1.54, 1.807) is 0 Å². The second-order valence-electron chi connectivity index (χ2n) is 6.72. The molecule has 1 aromatic rings. The number of rotatable bonds is 6. The fraction of sp³-hybridized carbons (Fsp3) is 0.800. The molecule has 0 amide bonds. The van der Waals surface area contributed by atoms with E-state index in [-0.39, 0.29) is 5.75 Å². The van der Waals surface area contributed by atoms with Crippen LogP contribution >= 0.6 is 11.8 Å². The van der Waals surface area contributed by atoms with Crippen molar-refractivity contribution in [1.29, 1.82) is 0 Å². The lowest BCUT2D eigenvalue weighted by atomic mass is 9.89. The van der Waals surface area contributed by atoms with Gasteiger partial charge in [0.25, 0.3) is 0 Å². The summed E-state index contributed by atoms with van der Waals surface area (Å²) in [6.07, 6.45) is 5.48. The quantitative estimate of drug-likeness (QED) is 0.818. The summed E-state index contributed by atoms with van der Waals surface area (Å²) in [4.78, 5) is 10.8. The average molecular weight is 309 g/mol. The monoisotopic (exact) mass is 309 g/mol. The first-order valence-corrected chi connectivity index (χ1v) is 8.80. The van der Waals surface area contributed by atoms with Crippen LogP contribution in [0.3, 0.4) is 0 Å². The van der Waals surface area contributed by atoms with Gasteiger partial charge in [0.1, 0.15) is 5.82 Å². The summed E-state index contributed by atoms with van der Waals surface area (Å²) in [5.74, 6) is 3.05. The van der Waals surface area contributed by atoms with E-state index in [1.165, 1.54) is 37.4 Å². The highest BCUT2D eigenvalue weighted by molar-refractivity contribution is 7.99. The second-order valence-corrected chi connectivity index (χ2v) is 7.67. The topological polar surface area (TPSA) is 68.0 Å². The molecule has 3 atom stereocenters. The van der Waals surface area contributed by atoms with Gasteiger partial charge in [-0.1, -0.05) is 32.0 Å². The Hall–Kier alpha value is -1.04. The number of aliphatic carboxylic acids is 1. The summed E-state index contributed by atoms with van der Waals surface area (Å²) >= 11 is 1.29. The van der Waals surface area contributed by atoms with Crippen molar-refractivity contribution in [3.05, 3.63) is 5.82 Å². The Kier molecular flexibility index (Phi) is 4.24. The molecule has 0 saturated heterocycles. The highest BCUT2D eigenvalue weighted by atomic mass is 32.2. The molecule has 0 aromatic carbocycles. The lowest BCUT2D eigenvalue weighted by Crippen LogP contribution is -2.20. The van der Waals surface area contributed by atoms with E-state index in [4.69, 9.17) is 5.11 Å². The summed E-state index contributed by atoms with van der Waals surface area (Å²) in [5, 5.41) is 18.2. The third-order valence-electron chi connectivity index (χ3n) is 4.89. The van der Waals surface area contributed by atoms with Crippen LogP contribution in [0, 0.1) is 17.8 Å². The van der Waals surface area contributed by atoms with Crippen LogP contribution < -0.4 is 0 Å². The van der Waals surface area contributed by atoms with Gasteiger partial charge in [0.05, 0.1) is 5.75 Å². The number of aromatic nitrogens is 3. The van der Waals surface area contributed by atoms with E-state index < -0.39 is 5.97 Å². The molecule has 3 rings (SSSR count). The number of hydrogen-bond acceptors (Lipinski definition) is 4. The molecular weight excluding hydrogens is 286 g/mol. The van der Waals surface area contributed by atoms with Crippen LogP contribution in [-0.2, 0) is 11.3 Å². The van der Waals surface area contributed by atoms with Crippen molar-refractivity contribution in [3.8, 4) is 0 Å². The van der Waals surface area contributed by atoms with Crippen LogP contribution in [0.1, 0.15) is 51.3 Å². The van der Waals surface area contributed by atoms with Crippen molar-refractivity contribution in [3.63, 3.8) is 0 Å². The highest BCUT2D eigenvalue weighted by Crippen LogP contribution is 2.49. The molecule has 1 heterocycles. The van der Waals surface area contributed by atoms with E-state index in [2.05, 4.69) is 28.6 Å². The third kappa shape index (κ3) is 3.10. The minimum Gasteiger partial charge on any atom is -0.481 e. The first-order chi connectivity index (χ1) is 10.0. The van der Waals surface area contributed by atoms with Crippen LogP contribution in [0.15, 0.2) is 5.16 Å². The van der Waals surface area contributed by atoms with E-state index in [0.717, 1.165) is 35.3 Å². The molecule has 3 unspecified atom stereocenters. The van der Waals surface area contributed by atoms with Crippen LogP contribution in [-0.4, -0.2) is 31.6 Å². The van der Waals surface area contributed by atoms with Gasteiger partial charge in [-0.2, -0.15) is 0 Å². The fourth-order valence-corrected chi connectivity index (χ4v) is 4.64. The number of hydrogen-bond donors (Lipinski definition) is 1. The Balaban J connectivity index is 1.77. The molecule has 1 N–H and O–H groups in total. The minimum atomic E-state index is -0.805. The maximum Gasteiger partial charge on any atom is 0.313 e. The molecule has 1 aromatic heterocycles. The summed E-state index contributed by atoms with van der Waals surface area (Å²) in [7, 11) is 0. The second kappa shape index (κ2) is 5.99. The van der Waals surface area contributed by atoms with Gasteiger partial charge >= 0.3 is 5.97 Å². The standard InChI is InChI=1S/C15H23N3O2S/c1-9(2)14-16-17-15(21-8-13(19)20)18(14)7-12-6-10-3-4-11(12)5-10/h9-12H,3-8H2,1-2H3,(H,19,20). The normalized spacial score (nSPS) is 27.7. The van der Waals surface area contributed by atoms with Crippen molar-refractivity contribution in [2.45, 2.75) is 57.1 Å². The van der Waals surface area contributed by atoms with E-state index in [9.17, 15) is 4.79 Å². The Labute approximate surface area is 129 Å². The van der Waals surface area contributed by atoms with Gasteiger partial charge in [0.2, 0.25) is 0 Å². The predicted octanol–water partition coefficient (Wildman–Crippen LogP) is 3.01. The molecule has 21 heavy (non-hydrogen) atoms. The Bertz CT molecular complexity index is 529. The van der Waals surface area contributed by atoms with E-state index in [1.807, 2.05) is 0 Å². The first kappa shape index (κ1) is 14.9. The largest absolute Gasteiger partial charge is 0.481 e. The Morgan fingerprint density at radius 3 is 2.76 bits per heavy atom. The summed E-state index contributed by atoms with van der Waals surface area (Å²) < 4.78 is 2.18. The number of fused-ring (bicyclic) bond motifs is 2. The molecule has 2 fully saturated rings. The van der Waals surface area contributed by atoms with E-state index >= 15 is 0 Å². The van der Waals surface area contributed by atoms with Crippen LogP contribution in [0.5, 0.6) is 0 Å². The predicted molar refractivity (Wildman–Crippen MR) is 81.4 cm³/mol. The van der Waals surface area contributed by atoms with Gasteiger partial charge in [0.15, 0.2) is 5.16 Å². The molecule has 5 nitrogen and oxygen atoms in total. The van der Waals surface area contributed by atoms with Gasteiger partial charge in [0, 0.05) is 12.5 Å². The van der Waals surface area contributed by atoms with Crippen molar-refractivity contribution in [2.75, 3.05) is 5.75 Å². The molecule has 2 saturated carbocycles. The van der Waals surface area contributed by atoms with E-state index in [0.29, 0.717) is 5.92 Å². The van der Waals surface area contributed by atoms with Crippen LogP contribution in [0.2, 0.25) is 0 Å². The van der Waals surface area contributed by atoms with Crippen molar-refractivity contribution < 1.29 is 9.90 Å². The van der Waals surface area contributed by atoms with Crippen LogP contribution in [0.25, 0.3) is 0 Å². The zero-order chi connectivity index (χ0) is 15.0. The minimum absolute atomic E-state index is 0.0486. The SMILES string of the molecule is CC(C)c1nnc(SCC(=O)O)n1CC1CC2CCC1C2. The molecule has 0 spiro atoms. The van der Waals surface area contributed by atoms with Gasteiger partial charge in [-0.05, 0) is 37.0 Å². The molecule has 0 aliphatic heterocycles. The smallest absolute Gasteiger partial charge is 0.313 e. The number of thioether (sulfide) groups is 1. The van der Waals surface area contributed by atoms with Crippen molar-refractivity contribution in [2.24, 2.45) is 17.8 Å². The molecule has 6 heteroatoms. The maximum absolute atomic E-state index is 10.8. The number of carbonyl (C=O) groups is 1. The van der Waals surface area contributed by atoms with Gasteiger partial charge in [-0.15, -0.1) is 10.2 Å².